The topological polar surface area (TPSA) is 151 Å². The third-order valence-electron chi connectivity index (χ3n) is 7.10. The van der Waals surface area contributed by atoms with Gasteiger partial charge in [-0.15, -0.1) is 21.5 Å². The first-order valence-corrected chi connectivity index (χ1v) is 15.3. The Bertz CT molecular complexity index is 2120. The lowest BCUT2D eigenvalue weighted by Crippen LogP contribution is -2.40. The summed E-state index contributed by atoms with van der Waals surface area (Å²) in [5.41, 5.74) is -2.02. The number of thiophene rings is 1. The van der Waals surface area contributed by atoms with Crippen molar-refractivity contribution in [2.24, 2.45) is 0 Å². The molecule has 0 aliphatic heterocycles. The van der Waals surface area contributed by atoms with Crippen LogP contribution in [0.25, 0.3) is 26.5 Å². The van der Waals surface area contributed by atoms with Crippen LogP contribution in [0, 0.1) is 11.6 Å². The quantitative estimate of drug-likeness (QED) is 0.246. The molecule has 0 spiro atoms. The number of fused-ring (bicyclic) bond motifs is 1. The summed E-state index contributed by atoms with van der Waals surface area (Å²) in [5, 5.41) is 10.4. The molecular formula is C32H31F2N7O6S. The summed E-state index contributed by atoms with van der Waals surface area (Å²) in [7, 11) is 2.91. The number of rotatable bonds is 8. The first-order chi connectivity index (χ1) is 22.7. The van der Waals surface area contributed by atoms with Crippen LogP contribution >= 0.6 is 11.3 Å². The number of ether oxygens (including phenoxy) is 2. The van der Waals surface area contributed by atoms with Crippen LogP contribution in [-0.2, 0) is 22.6 Å². The van der Waals surface area contributed by atoms with E-state index in [0.717, 1.165) is 32.6 Å². The molecule has 0 aliphatic carbocycles. The van der Waals surface area contributed by atoms with Gasteiger partial charge in [0.25, 0.3) is 5.56 Å². The van der Waals surface area contributed by atoms with Gasteiger partial charge in [-0.05, 0) is 51.1 Å². The van der Waals surface area contributed by atoms with Gasteiger partial charge < -0.3 is 14.4 Å². The number of methoxy groups -OCH3 is 1. The van der Waals surface area contributed by atoms with Gasteiger partial charge in [-0.2, -0.15) is 0 Å². The minimum absolute atomic E-state index is 0.0213. The Morgan fingerprint density at radius 2 is 1.73 bits per heavy atom. The molecule has 13 nitrogen and oxygen atoms in total. The number of carbonyl (C=O) groups excluding carboxylic acids is 2. The van der Waals surface area contributed by atoms with Crippen molar-refractivity contribution < 1.29 is 27.8 Å². The molecule has 0 fully saturated rings. The van der Waals surface area contributed by atoms with E-state index >= 15 is 0 Å². The van der Waals surface area contributed by atoms with Gasteiger partial charge in [0.1, 0.15) is 27.9 Å². The van der Waals surface area contributed by atoms with Crippen molar-refractivity contribution >= 4 is 39.4 Å². The lowest BCUT2D eigenvalue weighted by Gasteiger charge is -2.19. The summed E-state index contributed by atoms with van der Waals surface area (Å²) in [6, 6.07) is 9.25. The molecule has 250 valence electrons. The monoisotopic (exact) mass is 679 g/mol. The number of hydrogen-bond donors (Lipinski definition) is 1. The molecule has 4 aromatic heterocycles. The molecule has 5 aromatic rings. The second-order valence-corrected chi connectivity index (χ2v) is 12.7. The highest BCUT2D eigenvalue weighted by atomic mass is 32.1. The van der Waals surface area contributed by atoms with Crippen LogP contribution in [0.5, 0.6) is 5.88 Å². The summed E-state index contributed by atoms with van der Waals surface area (Å²) in [5.74, 6) is -1.93. The number of nitrogens with zero attached hydrogens (tertiary/aromatic N) is 6. The van der Waals surface area contributed by atoms with E-state index in [-0.39, 0.29) is 40.2 Å². The average Bonchev–Trinajstić information content (AvgIpc) is 3.39. The highest BCUT2D eigenvalue weighted by Crippen LogP contribution is 2.38. The molecule has 48 heavy (non-hydrogen) atoms. The fraction of sp³-hybridized carbons (Fsp3) is 0.281. The van der Waals surface area contributed by atoms with E-state index in [4.69, 9.17) is 9.47 Å². The van der Waals surface area contributed by atoms with E-state index in [1.165, 1.54) is 49.4 Å². The van der Waals surface area contributed by atoms with Gasteiger partial charge in [-0.1, -0.05) is 6.07 Å². The van der Waals surface area contributed by atoms with E-state index in [2.05, 4.69) is 20.5 Å². The summed E-state index contributed by atoms with van der Waals surface area (Å²) in [4.78, 5) is 59.3. The average molecular weight is 680 g/mol. The van der Waals surface area contributed by atoms with Gasteiger partial charge in [0.2, 0.25) is 11.8 Å². The number of halogens is 2. The molecule has 0 atom stereocenters. The molecule has 4 heterocycles. The molecule has 1 aromatic carbocycles. The van der Waals surface area contributed by atoms with Gasteiger partial charge in [-0.25, -0.2) is 27.9 Å². The van der Waals surface area contributed by atoms with Crippen molar-refractivity contribution in [2.45, 2.75) is 46.4 Å². The molecular weight excluding hydrogens is 648 g/mol. The number of pyridine rings is 1. The molecule has 5 rings (SSSR count). The van der Waals surface area contributed by atoms with E-state index < -0.39 is 46.7 Å². The van der Waals surface area contributed by atoms with Crippen LogP contribution in [0.2, 0.25) is 0 Å². The molecule has 0 saturated heterocycles. The molecule has 0 aliphatic rings. The minimum Gasteiger partial charge on any atom is -0.480 e. The summed E-state index contributed by atoms with van der Waals surface area (Å²) in [6.45, 7) is 5.88. The third-order valence-corrected chi connectivity index (χ3v) is 8.41. The molecule has 0 unspecified atom stereocenters. The summed E-state index contributed by atoms with van der Waals surface area (Å²) in [6.07, 6.45) is 0.737. The van der Waals surface area contributed by atoms with Crippen molar-refractivity contribution in [1.82, 2.24) is 29.2 Å². The maximum Gasteiger partial charge on any atom is 0.413 e. The van der Waals surface area contributed by atoms with Gasteiger partial charge >= 0.3 is 11.8 Å². The zero-order valence-electron chi connectivity index (χ0n) is 26.8. The predicted molar refractivity (Wildman–Crippen MR) is 175 cm³/mol. The van der Waals surface area contributed by atoms with E-state index in [0.29, 0.717) is 16.0 Å². The Morgan fingerprint density at radius 1 is 1.02 bits per heavy atom. The molecule has 16 heteroatoms. The van der Waals surface area contributed by atoms with Crippen molar-refractivity contribution in [3.8, 4) is 22.1 Å². The van der Waals surface area contributed by atoms with Crippen LogP contribution in [0.3, 0.4) is 0 Å². The maximum absolute atomic E-state index is 14.9. The third kappa shape index (κ3) is 6.92. The van der Waals surface area contributed by atoms with Gasteiger partial charge in [-0.3, -0.25) is 19.5 Å². The first-order valence-electron chi connectivity index (χ1n) is 14.5. The SMILES string of the molecule is COc1ccc(-n2c(=O)c3c(CN(C)C(C)=O)c(-c4ccc(NC(=O)OC(C)(C)C)nc4)sc3n(Cc3c(F)cccc3F)c2=O)nn1. The van der Waals surface area contributed by atoms with Crippen LogP contribution in [-0.4, -0.2) is 61.0 Å². The van der Waals surface area contributed by atoms with Crippen molar-refractivity contribution in [1.29, 1.82) is 0 Å². The second-order valence-electron chi connectivity index (χ2n) is 11.7. The Kier molecular flexibility index (Phi) is 9.38. The van der Waals surface area contributed by atoms with Gasteiger partial charge in [0.15, 0.2) is 5.82 Å². The Balaban J connectivity index is 1.77. The van der Waals surface area contributed by atoms with Crippen molar-refractivity contribution in [2.75, 3.05) is 19.5 Å². The highest BCUT2D eigenvalue weighted by Gasteiger charge is 2.27. The largest absolute Gasteiger partial charge is 0.480 e. The second kappa shape index (κ2) is 13.3. The number of anilines is 1. The van der Waals surface area contributed by atoms with Crippen molar-refractivity contribution in [3.63, 3.8) is 0 Å². The Hall–Kier alpha value is -5.51. The predicted octanol–water partition coefficient (Wildman–Crippen LogP) is 4.73. The zero-order chi connectivity index (χ0) is 34.9. The summed E-state index contributed by atoms with van der Waals surface area (Å²) >= 11 is 1.01. The molecule has 0 bridgehead atoms. The highest BCUT2D eigenvalue weighted by molar-refractivity contribution is 7.22. The number of benzene rings is 1. The van der Waals surface area contributed by atoms with Gasteiger partial charge in [0, 0.05) is 54.3 Å². The first kappa shape index (κ1) is 33.8. The molecule has 1 N–H and O–H groups in total. The normalized spacial score (nSPS) is 11.4. The zero-order valence-corrected chi connectivity index (χ0v) is 27.6. The lowest BCUT2D eigenvalue weighted by atomic mass is 10.1. The molecule has 0 saturated carbocycles. The van der Waals surface area contributed by atoms with E-state index in [1.54, 1.807) is 33.9 Å². The smallest absolute Gasteiger partial charge is 0.413 e. The number of carbonyl (C=O) groups is 2. The van der Waals surface area contributed by atoms with E-state index in [1.807, 2.05) is 0 Å². The summed E-state index contributed by atoms with van der Waals surface area (Å²) < 4.78 is 42.0. The fourth-order valence-corrected chi connectivity index (χ4v) is 6.02. The lowest BCUT2D eigenvalue weighted by molar-refractivity contribution is -0.128. The number of aromatic nitrogens is 5. The maximum atomic E-state index is 14.9. The molecule has 0 radical (unpaired) electrons. The van der Waals surface area contributed by atoms with Crippen LogP contribution in [0.1, 0.15) is 38.8 Å². The van der Waals surface area contributed by atoms with Crippen LogP contribution in [0.15, 0.2) is 58.3 Å². The number of nitrogens with one attached hydrogen (secondary N) is 1. The Morgan fingerprint density at radius 3 is 2.29 bits per heavy atom. The van der Waals surface area contributed by atoms with Crippen LogP contribution in [0.4, 0.5) is 19.4 Å². The minimum atomic E-state index is -0.927. The van der Waals surface area contributed by atoms with Crippen LogP contribution < -0.4 is 21.3 Å². The molecule has 2 amide bonds. The number of hydrogen-bond acceptors (Lipinski definition) is 10. The standard InChI is InChI=1S/C32H31F2N7O6S/c1-17(42)39(5)15-20-26-28(43)41(24-12-13-25(46-6)38-37-24)31(45)40(16-19-21(33)8-7-9-22(19)34)29(26)48-27(20)18-10-11-23(35-14-18)36-30(44)47-32(2,3)4/h7-14H,15-16H2,1-6H3,(H,35,36,44). The van der Waals surface area contributed by atoms with E-state index in [9.17, 15) is 28.0 Å². The number of amides is 2. The Labute approximate surface area is 276 Å². The van der Waals surface area contributed by atoms with Gasteiger partial charge in [0.05, 0.1) is 19.0 Å². The van der Waals surface area contributed by atoms with Crippen molar-refractivity contribution in [3.05, 3.63) is 92.3 Å². The fourth-order valence-electron chi connectivity index (χ4n) is 4.74.